The number of piperidine rings is 1. The molecule has 2 aromatic rings. The Morgan fingerprint density at radius 2 is 2.10 bits per heavy atom. The number of nitrogens with zero attached hydrogens (tertiary/aromatic N) is 6. The molecule has 1 atom stereocenters. The lowest BCUT2D eigenvalue weighted by Crippen LogP contribution is -2.44. The highest BCUT2D eigenvalue weighted by molar-refractivity contribution is 5.76. The summed E-state index contributed by atoms with van der Waals surface area (Å²) in [4.78, 5) is 23.3. The zero-order valence-electron chi connectivity index (χ0n) is 18.1. The lowest BCUT2D eigenvalue weighted by atomic mass is 9.96. The fourth-order valence-electron chi connectivity index (χ4n) is 3.98. The lowest BCUT2D eigenvalue weighted by molar-refractivity contribution is -0.132. The molecular formula is C22H33FN6O. The van der Waals surface area contributed by atoms with Gasteiger partial charge >= 0.3 is 0 Å². The molecule has 1 amide bonds. The molecule has 164 valence electrons. The Morgan fingerprint density at radius 3 is 2.83 bits per heavy atom. The van der Waals surface area contributed by atoms with Gasteiger partial charge in [-0.1, -0.05) is 18.2 Å². The van der Waals surface area contributed by atoms with Crippen LogP contribution in [-0.4, -0.2) is 82.2 Å². The summed E-state index contributed by atoms with van der Waals surface area (Å²) in [7, 11) is 4.05. The van der Waals surface area contributed by atoms with E-state index in [1.165, 1.54) is 12.4 Å². The molecule has 1 saturated heterocycles. The molecule has 1 aromatic carbocycles. The summed E-state index contributed by atoms with van der Waals surface area (Å²) in [5, 5.41) is 4.08. The Bertz CT molecular complexity index is 782. The van der Waals surface area contributed by atoms with Crippen molar-refractivity contribution >= 4 is 5.91 Å². The number of likely N-dealkylation sites (tertiary alicyclic amines) is 1. The van der Waals surface area contributed by atoms with Crippen molar-refractivity contribution in [2.45, 2.75) is 32.4 Å². The predicted molar refractivity (Wildman–Crippen MR) is 114 cm³/mol. The summed E-state index contributed by atoms with van der Waals surface area (Å²) in [5.41, 5.74) is 0.742. The zero-order valence-corrected chi connectivity index (χ0v) is 18.1. The number of halogens is 1. The molecule has 2 heterocycles. The van der Waals surface area contributed by atoms with Gasteiger partial charge in [-0.3, -0.25) is 14.4 Å². The van der Waals surface area contributed by atoms with Crippen molar-refractivity contribution in [1.29, 1.82) is 0 Å². The molecule has 1 aromatic heterocycles. The molecule has 0 spiro atoms. The Hall–Kier alpha value is -2.32. The number of benzene rings is 1. The maximum absolute atomic E-state index is 14.0. The van der Waals surface area contributed by atoms with E-state index in [2.05, 4.69) is 19.9 Å². The lowest BCUT2D eigenvalue weighted by Gasteiger charge is -2.36. The quantitative estimate of drug-likeness (QED) is 0.594. The third kappa shape index (κ3) is 6.88. The highest BCUT2D eigenvalue weighted by Crippen LogP contribution is 2.21. The number of hydrogen-bond acceptors (Lipinski definition) is 5. The van der Waals surface area contributed by atoms with Gasteiger partial charge in [0.05, 0.1) is 6.54 Å². The minimum Gasteiger partial charge on any atom is -0.341 e. The van der Waals surface area contributed by atoms with Crippen molar-refractivity contribution in [3.05, 3.63) is 48.3 Å². The Labute approximate surface area is 178 Å². The first-order valence-corrected chi connectivity index (χ1v) is 10.7. The summed E-state index contributed by atoms with van der Waals surface area (Å²) >= 11 is 0. The Morgan fingerprint density at radius 1 is 1.27 bits per heavy atom. The first-order chi connectivity index (χ1) is 14.5. The summed E-state index contributed by atoms with van der Waals surface area (Å²) in [6.45, 7) is 5.33. The summed E-state index contributed by atoms with van der Waals surface area (Å²) in [5.74, 6) is 0.414. The average molecular weight is 417 g/mol. The smallest absolute Gasteiger partial charge is 0.224 e. The molecule has 0 bridgehead atoms. The number of rotatable bonds is 10. The minimum absolute atomic E-state index is 0.143. The normalized spacial score (nSPS) is 17.4. The van der Waals surface area contributed by atoms with Crippen LogP contribution >= 0.6 is 0 Å². The van der Waals surface area contributed by atoms with Gasteiger partial charge in [-0.15, -0.1) is 0 Å². The van der Waals surface area contributed by atoms with E-state index in [-0.39, 0.29) is 11.7 Å². The molecule has 0 radical (unpaired) electrons. The first kappa shape index (κ1) is 22.4. The number of hydrogen-bond donors (Lipinski definition) is 0. The van der Waals surface area contributed by atoms with Crippen LogP contribution in [0.1, 0.15) is 24.8 Å². The second kappa shape index (κ2) is 11.2. The van der Waals surface area contributed by atoms with Gasteiger partial charge in [-0.25, -0.2) is 9.37 Å². The van der Waals surface area contributed by atoms with Crippen molar-refractivity contribution in [3.8, 4) is 0 Å². The molecule has 0 unspecified atom stereocenters. The predicted octanol–water partition coefficient (Wildman–Crippen LogP) is 2.11. The molecule has 1 fully saturated rings. The van der Waals surface area contributed by atoms with E-state index in [1.54, 1.807) is 17.1 Å². The van der Waals surface area contributed by atoms with Crippen molar-refractivity contribution in [3.63, 3.8) is 0 Å². The van der Waals surface area contributed by atoms with E-state index in [4.69, 9.17) is 0 Å². The molecule has 1 aliphatic heterocycles. The van der Waals surface area contributed by atoms with Crippen LogP contribution in [0.4, 0.5) is 4.39 Å². The van der Waals surface area contributed by atoms with E-state index < -0.39 is 0 Å². The maximum atomic E-state index is 14.0. The van der Waals surface area contributed by atoms with E-state index in [0.29, 0.717) is 32.0 Å². The van der Waals surface area contributed by atoms with Gasteiger partial charge in [0.15, 0.2) is 0 Å². The zero-order chi connectivity index (χ0) is 21.3. The van der Waals surface area contributed by atoms with Crippen LogP contribution in [0.2, 0.25) is 0 Å². The van der Waals surface area contributed by atoms with Crippen LogP contribution in [0.25, 0.3) is 0 Å². The van der Waals surface area contributed by atoms with Crippen LogP contribution < -0.4 is 0 Å². The summed E-state index contributed by atoms with van der Waals surface area (Å²) in [6.07, 6.45) is 5.72. The molecule has 1 aliphatic rings. The van der Waals surface area contributed by atoms with Gasteiger partial charge in [0.2, 0.25) is 5.91 Å². The highest BCUT2D eigenvalue weighted by atomic mass is 19.1. The molecule has 7 nitrogen and oxygen atoms in total. The van der Waals surface area contributed by atoms with Crippen LogP contribution in [-0.2, 0) is 17.9 Å². The van der Waals surface area contributed by atoms with Crippen molar-refractivity contribution in [2.24, 2.45) is 5.92 Å². The maximum Gasteiger partial charge on any atom is 0.224 e. The summed E-state index contributed by atoms with van der Waals surface area (Å²) < 4.78 is 15.7. The topological polar surface area (TPSA) is 57.5 Å². The van der Waals surface area contributed by atoms with Crippen LogP contribution in [0.15, 0.2) is 36.9 Å². The molecule has 3 rings (SSSR count). The van der Waals surface area contributed by atoms with Gasteiger partial charge in [0.1, 0.15) is 18.5 Å². The molecule has 0 saturated carbocycles. The molecule has 0 aliphatic carbocycles. The standard InChI is InChI=1S/C22H33FN6O/c1-26(2)12-13-28(22(30)9-11-29-18-24-17-25-29)15-19-6-5-10-27(14-19)16-20-7-3-4-8-21(20)23/h3-4,7-8,17-19H,5-6,9-16H2,1-2H3/t19-/m0/s1. The van der Waals surface area contributed by atoms with Gasteiger partial charge in [0.25, 0.3) is 0 Å². The van der Waals surface area contributed by atoms with Gasteiger partial charge in [0, 0.05) is 44.7 Å². The van der Waals surface area contributed by atoms with Crippen LogP contribution in [0.5, 0.6) is 0 Å². The molecule has 0 N–H and O–H groups in total. The van der Waals surface area contributed by atoms with E-state index >= 15 is 0 Å². The fourth-order valence-corrected chi connectivity index (χ4v) is 3.98. The number of likely N-dealkylation sites (N-methyl/N-ethyl adjacent to an activating group) is 1. The Balaban J connectivity index is 1.56. The van der Waals surface area contributed by atoms with Gasteiger partial charge in [-0.05, 0) is 45.5 Å². The number of amides is 1. The second-order valence-electron chi connectivity index (χ2n) is 8.39. The van der Waals surface area contributed by atoms with Gasteiger partial charge < -0.3 is 9.80 Å². The summed E-state index contributed by atoms with van der Waals surface area (Å²) in [6, 6.07) is 6.99. The SMILES string of the molecule is CN(C)CCN(C[C@H]1CCCN(Cc2ccccc2F)C1)C(=O)CCn1cncn1. The van der Waals surface area contributed by atoms with E-state index in [1.807, 2.05) is 31.1 Å². The van der Waals surface area contributed by atoms with E-state index in [9.17, 15) is 9.18 Å². The highest BCUT2D eigenvalue weighted by Gasteiger charge is 2.25. The van der Waals surface area contributed by atoms with Crippen molar-refractivity contribution in [1.82, 2.24) is 29.5 Å². The third-order valence-corrected chi connectivity index (χ3v) is 5.62. The van der Waals surface area contributed by atoms with Crippen molar-refractivity contribution in [2.75, 3.05) is 46.8 Å². The van der Waals surface area contributed by atoms with Crippen molar-refractivity contribution < 1.29 is 9.18 Å². The Kier molecular flexibility index (Phi) is 8.33. The average Bonchev–Trinajstić information content (AvgIpc) is 3.25. The van der Waals surface area contributed by atoms with Crippen LogP contribution in [0.3, 0.4) is 0 Å². The van der Waals surface area contributed by atoms with Gasteiger partial charge in [-0.2, -0.15) is 5.10 Å². The number of carbonyl (C=O) groups excluding carboxylic acids is 1. The third-order valence-electron chi connectivity index (χ3n) is 5.62. The number of aromatic nitrogens is 3. The number of aryl methyl sites for hydroxylation is 1. The molecule has 8 heteroatoms. The largest absolute Gasteiger partial charge is 0.341 e. The van der Waals surface area contributed by atoms with E-state index in [0.717, 1.165) is 44.6 Å². The molecular weight excluding hydrogens is 383 g/mol. The molecule has 30 heavy (non-hydrogen) atoms. The fraction of sp³-hybridized carbons (Fsp3) is 0.591. The van der Waals surface area contributed by atoms with Crippen LogP contribution in [0, 0.1) is 11.7 Å². The first-order valence-electron chi connectivity index (χ1n) is 10.7. The second-order valence-corrected chi connectivity index (χ2v) is 8.39. The minimum atomic E-state index is -0.143. The number of carbonyl (C=O) groups is 1. The monoisotopic (exact) mass is 416 g/mol.